The summed E-state index contributed by atoms with van der Waals surface area (Å²) in [5, 5.41) is 6.28. The zero-order chi connectivity index (χ0) is 12.1. The van der Waals surface area contributed by atoms with E-state index in [-0.39, 0.29) is 11.3 Å². The van der Waals surface area contributed by atoms with Crippen molar-refractivity contribution in [2.45, 2.75) is 26.3 Å². The van der Waals surface area contributed by atoms with Crippen molar-refractivity contribution in [1.29, 1.82) is 0 Å². The molecule has 0 atom stereocenters. The van der Waals surface area contributed by atoms with Gasteiger partial charge < -0.3 is 10.6 Å². The molecule has 1 aliphatic rings. The van der Waals surface area contributed by atoms with E-state index in [0.717, 1.165) is 31.5 Å². The van der Waals surface area contributed by atoms with Gasteiger partial charge in [-0.3, -0.25) is 9.78 Å². The molecule has 0 spiro atoms. The van der Waals surface area contributed by atoms with Crippen LogP contribution < -0.4 is 10.6 Å². The number of aromatic nitrogens is 1. The Morgan fingerprint density at radius 2 is 2.29 bits per heavy atom. The molecule has 2 rings (SSSR count). The number of hydrogen-bond acceptors (Lipinski definition) is 3. The summed E-state index contributed by atoms with van der Waals surface area (Å²) in [6.45, 7) is 4.47. The average molecular weight is 233 g/mol. The zero-order valence-corrected chi connectivity index (χ0v) is 10.2. The molecule has 0 bridgehead atoms. The minimum Gasteiger partial charge on any atom is -0.351 e. The summed E-state index contributed by atoms with van der Waals surface area (Å²) in [4.78, 5) is 16.2. The maximum atomic E-state index is 12.1. The largest absolute Gasteiger partial charge is 0.351 e. The highest BCUT2D eigenvalue weighted by Gasteiger charge is 2.34. The van der Waals surface area contributed by atoms with Crippen LogP contribution in [0.1, 0.15) is 25.3 Å². The van der Waals surface area contributed by atoms with Crippen molar-refractivity contribution in [1.82, 2.24) is 15.6 Å². The first-order chi connectivity index (χ1) is 8.21. The Morgan fingerprint density at radius 1 is 1.53 bits per heavy atom. The number of nitrogens with zero attached hydrogens (tertiary/aromatic N) is 1. The molecule has 4 nitrogen and oxygen atoms in total. The minimum atomic E-state index is -0.215. The fourth-order valence-electron chi connectivity index (χ4n) is 2.10. The van der Waals surface area contributed by atoms with Crippen LogP contribution in [0.25, 0.3) is 0 Å². The van der Waals surface area contributed by atoms with Gasteiger partial charge in [0.05, 0.1) is 0 Å². The number of piperidine rings is 1. The molecule has 0 saturated carbocycles. The highest BCUT2D eigenvalue weighted by atomic mass is 16.2. The molecular weight excluding hydrogens is 214 g/mol. The molecule has 1 aromatic rings. The lowest BCUT2D eigenvalue weighted by Crippen LogP contribution is -2.45. The van der Waals surface area contributed by atoms with Crippen LogP contribution >= 0.6 is 0 Å². The second-order valence-corrected chi connectivity index (χ2v) is 4.85. The number of carbonyl (C=O) groups excluding carboxylic acids is 1. The third-order valence-electron chi connectivity index (χ3n) is 3.43. The predicted molar refractivity (Wildman–Crippen MR) is 66.3 cm³/mol. The average Bonchev–Trinajstić information content (AvgIpc) is 2.38. The molecule has 1 saturated heterocycles. The van der Waals surface area contributed by atoms with Crippen LogP contribution in [-0.4, -0.2) is 24.0 Å². The van der Waals surface area contributed by atoms with Gasteiger partial charge in [-0.05, 0) is 37.6 Å². The van der Waals surface area contributed by atoms with Gasteiger partial charge in [0.2, 0.25) is 5.91 Å². The van der Waals surface area contributed by atoms with E-state index in [4.69, 9.17) is 0 Å². The maximum absolute atomic E-state index is 12.1. The van der Waals surface area contributed by atoms with Crippen LogP contribution in [0.3, 0.4) is 0 Å². The molecule has 2 heterocycles. The second-order valence-electron chi connectivity index (χ2n) is 4.85. The van der Waals surface area contributed by atoms with E-state index in [0.29, 0.717) is 6.54 Å². The monoisotopic (exact) mass is 233 g/mol. The Morgan fingerprint density at radius 3 is 2.94 bits per heavy atom. The molecule has 17 heavy (non-hydrogen) atoms. The van der Waals surface area contributed by atoms with Gasteiger partial charge in [-0.1, -0.05) is 13.0 Å². The van der Waals surface area contributed by atoms with Crippen molar-refractivity contribution in [2.24, 2.45) is 5.41 Å². The van der Waals surface area contributed by atoms with Gasteiger partial charge in [-0.15, -0.1) is 0 Å². The number of rotatable bonds is 3. The fourth-order valence-corrected chi connectivity index (χ4v) is 2.10. The smallest absolute Gasteiger partial charge is 0.226 e. The number of pyridine rings is 1. The quantitative estimate of drug-likeness (QED) is 0.821. The Balaban J connectivity index is 1.88. The van der Waals surface area contributed by atoms with Crippen molar-refractivity contribution in [3.05, 3.63) is 30.1 Å². The lowest BCUT2D eigenvalue weighted by atomic mass is 9.80. The van der Waals surface area contributed by atoms with Gasteiger partial charge in [0.25, 0.3) is 0 Å². The molecular formula is C13H19N3O. The van der Waals surface area contributed by atoms with Crippen molar-refractivity contribution >= 4 is 5.91 Å². The van der Waals surface area contributed by atoms with Crippen molar-refractivity contribution < 1.29 is 4.79 Å². The van der Waals surface area contributed by atoms with E-state index in [2.05, 4.69) is 15.6 Å². The first-order valence-corrected chi connectivity index (χ1v) is 6.09. The summed E-state index contributed by atoms with van der Waals surface area (Å²) in [6.07, 6.45) is 5.34. The predicted octanol–water partition coefficient (Wildman–Crippen LogP) is 1.09. The van der Waals surface area contributed by atoms with Gasteiger partial charge in [-0.2, -0.15) is 0 Å². The maximum Gasteiger partial charge on any atom is 0.226 e. The van der Waals surface area contributed by atoms with Crippen molar-refractivity contribution in [3.8, 4) is 0 Å². The summed E-state index contributed by atoms with van der Waals surface area (Å²) >= 11 is 0. The third kappa shape index (κ3) is 3.03. The lowest BCUT2D eigenvalue weighted by molar-refractivity contribution is -0.131. The van der Waals surface area contributed by atoms with Crippen LogP contribution in [0.5, 0.6) is 0 Å². The highest BCUT2D eigenvalue weighted by Crippen LogP contribution is 2.27. The first kappa shape index (κ1) is 12.0. The van der Waals surface area contributed by atoms with Crippen molar-refractivity contribution in [2.75, 3.05) is 13.1 Å². The van der Waals surface area contributed by atoms with E-state index in [1.54, 1.807) is 12.4 Å². The summed E-state index contributed by atoms with van der Waals surface area (Å²) in [5.41, 5.74) is 0.825. The first-order valence-electron chi connectivity index (χ1n) is 6.09. The lowest BCUT2D eigenvalue weighted by Gasteiger charge is -2.32. The second kappa shape index (κ2) is 5.27. The number of nitrogens with one attached hydrogen (secondary N) is 2. The summed E-state index contributed by atoms with van der Waals surface area (Å²) in [6, 6.07) is 3.85. The number of amides is 1. The van der Waals surface area contributed by atoms with Crippen LogP contribution in [0.4, 0.5) is 0 Å². The zero-order valence-electron chi connectivity index (χ0n) is 10.2. The molecule has 0 radical (unpaired) electrons. The Bertz CT molecular complexity index is 372. The Labute approximate surface area is 102 Å². The molecule has 2 N–H and O–H groups in total. The molecule has 92 valence electrons. The fraction of sp³-hybridized carbons (Fsp3) is 0.538. The molecule has 1 aromatic heterocycles. The van der Waals surface area contributed by atoms with E-state index < -0.39 is 0 Å². The van der Waals surface area contributed by atoms with E-state index in [1.807, 2.05) is 19.1 Å². The van der Waals surface area contributed by atoms with Crippen LogP contribution in [0, 0.1) is 5.41 Å². The van der Waals surface area contributed by atoms with Crippen LogP contribution in [0.15, 0.2) is 24.5 Å². The molecule has 1 fully saturated rings. The van der Waals surface area contributed by atoms with E-state index in [1.165, 1.54) is 0 Å². The minimum absolute atomic E-state index is 0.155. The van der Waals surface area contributed by atoms with E-state index >= 15 is 0 Å². The Hall–Kier alpha value is -1.42. The van der Waals surface area contributed by atoms with Crippen LogP contribution in [-0.2, 0) is 11.3 Å². The summed E-state index contributed by atoms with van der Waals surface area (Å²) in [7, 11) is 0. The molecule has 4 heteroatoms. The van der Waals surface area contributed by atoms with Gasteiger partial charge in [-0.25, -0.2) is 0 Å². The highest BCUT2D eigenvalue weighted by molar-refractivity contribution is 5.82. The SMILES string of the molecule is CC1(C(=O)NCc2cccnc2)CCNCC1. The van der Waals surface area contributed by atoms with Gasteiger partial charge >= 0.3 is 0 Å². The van der Waals surface area contributed by atoms with Gasteiger partial charge in [0, 0.05) is 24.4 Å². The van der Waals surface area contributed by atoms with Crippen molar-refractivity contribution in [3.63, 3.8) is 0 Å². The van der Waals surface area contributed by atoms with Crippen LogP contribution in [0.2, 0.25) is 0 Å². The number of carbonyl (C=O) groups is 1. The summed E-state index contributed by atoms with van der Waals surface area (Å²) in [5.74, 6) is 0.155. The summed E-state index contributed by atoms with van der Waals surface area (Å²) < 4.78 is 0. The normalized spacial score (nSPS) is 18.6. The molecule has 1 amide bonds. The number of hydrogen-bond donors (Lipinski definition) is 2. The molecule has 0 aromatic carbocycles. The van der Waals surface area contributed by atoms with Gasteiger partial charge in [0.15, 0.2) is 0 Å². The molecule has 0 unspecified atom stereocenters. The third-order valence-corrected chi connectivity index (χ3v) is 3.43. The standard InChI is InChI=1S/C13H19N3O/c1-13(4-7-14-8-5-13)12(17)16-10-11-3-2-6-15-9-11/h2-3,6,9,14H,4-5,7-8,10H2,1H3,(H,16,17). The topological polar surface area (TPSA) is 54.0 Å². The molecule has 0 aliphatic carbocycles. The van der Waals surface area contributed by atoms with E-state index in [9.17, 15) is 4.79 Å². The van der Waals surface area contributed by atoms with Gasteiger partial charge in [0.1, 0.15) is 0 Å². The Kier molecular flexibility index (Phi) is 3.74. The molecule has 1 aliphatic heterocycles.